The summed E-state index contributed by atoms with van der Waals surface area (Å²) in [5.41, 5.74) is 0. The number of aliphatic hydroxyl groups excluding tert-OH is 1. The van der Waals surface area contributed by atoms with Gasteiger partial charge in [-0.2, -0.15) is 0 Å². The van der Waals surface area contributed by atoms with Gasteiger partial charge in [0.05, 0.1) is 0 Å². The summed E-state index contributed by atoms with van der Waals surface area (Å²) in [5.74, 6) is 1.98. The topological polar surface area (TPSA) is 45.1 Å². The van der Waals surface area contributed by atoms with E-state index in [0.717, 1.165) is 23.3 Å². The Balaban J connectivity index is 1.85. The van der Waals surface area contributed by atoms with Gasteiger partial charge in [-0.05, 0) is 52.7 Å². The number of aliphatic hydroxyl groups is 1. The zero-order chi connectivity index (χ0) is 11.4. The Labute approximate surface area is 104 Å². The van der Waals surface area contributed by atoms with Gasteiger partial charge in [-0.25, -0.2) is 4.98 Å². The molecular weight excluding hydrogens is 268 g/mol. The summed E-state index contributed by atoms with van der Waals surface area (Å²) in [6.45, 7) is 1.24. The molecule has 88 valence electrons. The smallest absolute Gasteiger partial charge is 0.125 e. The molecular formula is C12H17BrN2O. The average molecular weight is 285 g/mol. The van der Waals surface area contributed by atoms with Gasteiger partial charge in [0.2, 0.25) is 0 Å². The molecule has 1 aromatic heterocycles. The Morgan fingerprint density at radius 2 is 2.19 bits per heavy atom. The molecule has 1 aromatic rings. The van der Waals surface area contributed by atoms with Gasteiger partial charge in [-0.1, -0.05) is 6.42 Å². The number of halogens is 1. The van der Waals surface area contributed by atoms with Gasteiger partial charge in [0.1, 0.15) is 5.82 Å². The molecule has 3 nitrogen and oxygen atoms in total. The van der Waals surface area contributed by atoms with E-state index in [1.165, 1.54) is 12.8 Å². The zero-order valence-corrected chi connectivity index (χ0v) is 10.8. The highest BCUT2D eigenvalue weighted by atomic mass is 79.9. The SMILES string of the molecule is OCC1CCCC1CNc1ccc(Br)cn1. The largest absolute Gasteiger partial charge is 0.396 e. The predicted molar refractivity (Wildman–Crippen MR) is 68.3 cm³/mol. The van der Waals surface area contributed by atoms with Crippen LogP contribution >= 0.6 is 15.9 Å². The Kier molecular flexibility index (Phi) is 4.18. The molecule has 0 spiro atoms. The van der Waals surface area contributed by atoms with Gasteiger partial charge < -0.3 is 10.4 Å². The molecule has 0 amide bonds. The number of rotatable bonds is 4. The molecule has 2 rings (SSSR count). The molecule has 2 atom stereocenters. The fraction of sp³-hybridized carbons (Fsp3) is 0.583. The Morgan fingerprint density at radius 1 is 1.38 bits per heavy atom. The van der Waals surface area contributed by atoms with Crippen LogP contribution in [0.2, 0.25) is 0 Å². The molecule has 0 saturated heterocycles. The van der Waals surface area contributed by atoms with Crippen molar-refractivity contribution in [1.82, 2.24) is 4.98 Å². The molecule has 0 aromatic carbocycles. The minimum atomic E-state index is 0.320. The van der Waals surface area contributed by atoms with Crippen LogP contribution in [0.5, 0.6) is 0 Å². The first-order valence-corrected chi connectivity index (χ1v) is 6.55. The minimum absolute atomic E-state index is 0.320. The third kappa shape index (κ3) is 2.95. The number of nitrogens with one attached hydrogen (secondary N) is 1. The number of hydrogen-bond acceptors (Lipinski definition) is 3. The summed E-state index contributed by atoms with van der Waals surface area (Å²) in [7, 11) is 0. The molecule has 1 aliphatic carbocycles. The van der Waals surface area contributed by atoms with Gasteiger partial charge in [0.15, 0.2) is 0 Å². The van der Waals surface area contributed by atoms with Crippen LogP contribution in [0.4, 0.5) is 5.82 Å². The van der Waals surface area contributed by atoms with Crippen molar-refractivity contribution in [2.24, 2.45) is 11.8 Å². The standard InChI is InChI=1S/C12H17BrN2O/c13-11-4-5-12(15-7-11)14-6-9-2-1-3-10(9)8-16/h4-5,7,9-10,16H,1-3,6,8H2,(H,14,15). The van der Waals surface area contributed by atoms with Crippen LogP contribution in [0.25, 0.3) is 0 Å². The van der Waals surface area contributed by atoms with E-state index in [9.17, 15) is 5.11 Å². The van der Waals surface area contributed by atoms with Crippen LogP contribution in [0.15, 0.2) is 22.8 Å². The van der Waals surface area contributed by atoms with Crippen molar-refractivity contribution in [3.05, 3.63) is 22.8 Å². The molecule has 4 heteroatoms. The van der Waals surface area contributed by atoms with Gasteiger partial charge in [0, 0.05) is 23.8 Å². The third-order valence-electron chi connectivity index (χ3n) is 3.32. The second kappa shape index (κ2) is 5.64. The van der Waals surface area contributed by atoms with Crippen LogP contribution in [-0.2, 0) is 0 Å². The van der Waals surface area contributed by atoms with Crippen molar-refractivity contribution in [2.45, 2.75) is 19.3 Å². The maximum absolute atomic E-state index is 9.22. The molecule has 1 saturated carbocycles. The van der Waals surface area contributed by atoms with Crippen molar-refractivity contribution in [3.8, 4) is 0 Å². The quantitative estimate of drug-likeness (QED) is 0.894. The normalized spacial score (nSPS) is 24.6. The fourth-order valence-corrected chi connectivity index (χ4v) is 2.57. The number of nitrogens with zero attached hydrogens (tertiary/aromatic N) is 1. The van der Waals surface area contributed by atoms with E-state index in [1.54, 1.807) is 6.20 Å². The van der Waals surface area contributed by atoms with E-state index in [4.69, 9.17) is 0 Å². The van der Waals surface area contributed by atoms with Crippen LogP contribution < -0.4 is 5.32 Å². The van der Waals surface area contributed by atoms with Gasteiger partial charge in [-0.3, -0.25) is 0 Å². The van der Waals surface area contributed by atoms with Gasteiger partial charge in [-0.15, -0.1) is 0 Å². The lowest BCUT2D eigenvalue weighted by atomic mass is 9.97. The van der Waals surface area contributed by atoms with Crippen molar-refractivity contribution < 1.29 is 5.11 Å². The monoisotopic (exact) mass is 284 g/mol. The highest BCUT2D eigenvalue weighted by molar-refractivity contribution is 9.10. The number of anilines is 1. The highest BCUT2D eigenvalue weighted by Crippen LogP contribution is 2.31. The van der Waals surface area contributed by atoms with Crippen LogP contribution in [0, 0.1) is 11.8 Å². The summed E-state index contributed by atoms with van der Waals surface area (Å²) >= 11 is 3.36. The predicted octanol–water partition coefficient (Wildman–Crippen LogP) is 2.66. The van der Waals surface area contributed by atoms with E-state index in [-0.39, 0.29) is 0 Å². The average Bonchev–Trinajstić information content (AvgIpc) is 2.76. The Morgan fingerprint density at radius 3 is 2.88 bits per heavy atom. The van der Waals surface area contributed by atoms with Crippen molar-refractivity contribution in [1.29, 1.82) is 0 Å². The Hall–Kier alpha value is -0.610. The molecule has 1 aliphatic rings. The van der Waals surface area contributed by atoms with Crippen LogP contribution in [0.3, 0.4) is 0 Å². The lowest BCUT2D eigenvalue weighted by Gasteiger charge is -2.18. The highest BCUT2D eigenvalue weighted by Gasteiger charge is 2.26. The van der Waals surface area contributed by atoms with E-state index in [0.29, 0.717) is 18.4 Å². The lowest BCUT2D eigenvalue weighted by Crippen LogP contribution is -2.21. The molecule has 0 radical (unpaired) electrons. The first-order valence-electron chi connectivity index (χ1n) is 5.76. The maximum Gasteiger partial charge on any atom is 0.125 e. The first-order chi connectivity index (χ1) is 7.79. The summed E-state index contributed by atoms with van der Waals surface area (Å²) in [4.78, 5) is 4.27. The molecule has 1 fully saturated rings. The molecule has 0 aliphatic heterocycles. The molecule has 0 bridgehead atoms. The van der Waals surface area contributed by atoms with Crippen LogP contribution in [0.1, 0.15) is 19.3 Å². The molecule has 1 heterocycles. The molecule has 2 N–H and O–H groups in total. The fourth-order valence-electron chi connectivity index (χ4n) is 2.34. The van der Waals surface area contributed by atoms with Crippen molar-refractivity contribution in [3.63, 3.8) is 0 Å². The summed E-state index contributed by atoms with van der Waals surface area (Å²) in [6.07, 6.45) is 5.41. The zero-order valence-electron chi connectivity index (χ0n) is 9.19. The van der Waals surface area contributed by atoms with Crippen molar-refractivity contribution in [2.75, 3.05) is 18.5 Å². The first kappa shape index (κ1) is 11.9. The molecule has 16 heavy (non-hydrogen) atoms. The lowest BCUT2D eigenvalue weighted by molar-refractivity contribution is 0.199. The maximum atomic E-state index is 9.22. The second-order valence-electron chi connectivity index (χ2n) is 4.38. The number of pyridine rings is 1. The van der Waals surface area contributed by atoms with Crippen molar-refractivity contribution >= 4 is 21.7 Å². The summed E-state index contributed by atoms with van der Waals surface area (Å²) in [6, 6.07) is 3.94. The van der Waals surface area contributed by atoms with E-state index >= 15 is 0 Å². The summed E-state index contributed by atoms with van der Waals surface area (Å²) < 4.78 is 0.993. The van der Waals surface area contributed by atoms with E-state index < -0.39 is 0 Å². The second-order valence-corrected chi connectivity index (χ2v) is 5.29. The van der Waals surface area contributed by atoms with E-state index in [1.807, 2.05) is 12.1 Å². The molecule has 2 unspecified atom stereocenters. The minimum Gasteiger partial charge on any atom is -0.396 e. The number of aromatic nitrogens is 1. The summed E-state index contributed by atoms with van der Waals surface area (Å²) in [5, 5.41) is 12.6. The Bertz CT molecular complexity index is 328. The van der Waals surface area contributed by atoms with E-state index in [2.05, 4.69) is 26.2 Å². The number of hydrogen-bond donors (Lipinski definition) is 2. The third-order valence-corrected chi connectivity index (χ3v) is 3.79. The van der Waals surface area contributed by atoms with Gasteiger partial charge in [0.25, 0.3) is 0 Å². The van der Waals surface area contributed by atoms with Crippen LogP contribution in [-0.4, -0.2) is 23.2 Å². The van der Waals surface area contributed by atoms with Gasteiger partial charge >= 0.3 is 0 Å².